The van der Waals surface area contributed by atoms with Crippen LogP contribution in [0, 0.1) is 5.82 Å². The summed E-state index contributed by atoms with van der Waals surface area (Å²) in [6.07, 6.45) is -1.85. The predicted octanol–water partition coefficient (Wildman–Crippen LogP) is 5.02. The molecule has 0 unspecified atom stereocenters. The molecule has 11 heteroatoms. The van der Waals surface area contributed by atoms with Crippen LogP contribution in [0.3, 0.4) is 0 Å². The molecule has 0 saturated carbocycles. The predicted molar refractivity (Wildman–Crippen MR) is 143 cm³/mol. The van der Waals surface area contributed by atoms with E-state index >= 15 is 0 Å². The Morgan fingerprint density at radius 2 is 1.63 bits per heavy atom. The highest BCUT2D eigenvalue weighted by Crippen LogP contribution is 2.36. The van der Waals surface area contributed by atoms with Crippen LogP contribution in [-0.2, 0) is 0 Å². The number of nitrogens with one attached hydrogen (secondary N) is 1. The van der Waals surface area contributed by atoms with Crippen LogP contribution in [0.5, 0.6) is 5.88 Å². The third kappa shape index (κ3) is 5.03. The van der Waals surface area contributed by atoms with Gasteiger partial charge in [-0.25, -0.2) is 13.2 Å². The largest absolute Gasteiger partial charge is 0.479 e. The second kappa shape index (κ2) is 10.8. The number of fused-ring (bicyclic) bond motifs is 1. The van der Waals surface area contributed by atoms with Gasteiger partial charge in [-0.1, -0.05) is 18.2 Å². The summed E-state index contributed by atoms with van der Waals surface area (Å²) >= 11 is 0. The summed E-state index contributed by atoms with van der Waals surface area (Å²) in [5.41, 5.74) is 0.830. The summed E-state index contributed by atoms with van der Waals surface area (Å²) in [5.74, 6) is 0.572. The fraction of sp³-hybridized carbons (Fsp3) is 0.519. The van der Waals surface area contributed by atoms with E-state index in [9.17, 15) is 13.2 Å². The van der Waals surface area contributed by atoms with E-state index in [-0.39, 0.29) is 5.56 Å². The minimum atomic E-state index is -2.89. The van der Waals surface area contributed by atoms with E-state index < -0.39 is 23.8 Å². The van der Waals surface area contributed by atoms with Gasteiger partial charge < -0.3 is 19.9 Å². The number of halogens is 3. The quantitative estimate of drug-likeness (QED) is 0.436. The van der Waals surface area contributed by atoms with E-state index in [4.69, 9.17) is 19.7 Å². The highest BCUT2D eigenvalue weighted by Gasteiger charge is 2.26. The van der Waals surface area contributed by atoms with E-state index in [2.05, 4.69) is 29.0 Å². The van der Waals surface area contributed by atoms with Gasteiger partial charge in [0, 0.05) is 50.9 Å². The molecular weight excluding hydrogens is 495 g/mol. The summed E-state index contributed by atoms with van der Waals surface area (Å²) in [6, 6.07) is 5.88. The summed E-state index contributed by atoms with van der Waals surface area (Å²) < 4.78 is 47.3. The minimum absolute atomic E-state index is 0.145. The zero-order chi connectivity index (χ0) is 27.0. The van der Waals surface area contributed by atoms with Gasteiger partial charge in [0.05, 0.1) is 24.1 Å². The Morgan fingerprint density at radius 1 is 0.921 bits per heavy atom. The Morgan fingerprint density at radius 3 is 2.24 bits per heavy atom. The SMILES string of the molecule is COc1nc2nc(N3CCC3)nc(N[C@H](C)c3cccc(C(F)F)c3F)c2cc1N1CCN(C(C)C)CC1. The van der Waals surface area contributed by atoms with Gasteiger partial charge in [0.15, 0.2) is 5.65 Å². The average Bonchev–Trinajstić information content (AvgIpc) is 2.87. The zero-order valence-corrected chi connectivity index (χ0v) is 22.2. The number of benzene rings is 1. The van der Waals surface area contributed by atoms with Crippen LogP contribution in [0.15, 0.2) is 24.3 Å². The van der Waals surface area contributed by atoms with Crippen LogP contribution < -0.4 is 19.9 Å². The molecule has 0 bridgehead atoms. The fourth-order valence-electron chi connectivity index (χ4n) is 4.99. The van der Waals surface area contributed by atoms with Crippen molar-refractivity contribution in [2.75, 3.05) is 61.5 Å². The maximum Gasteiger partial charge on any atom is 0.266 e. The van der Waals surface area contributed by atoms with Crippen LogP contribution in [0.25, 0.3) is 11.0 Å². The van der Waals surface area contributed by atoms with Crippen molar-refractivity contribution in [2.24, 2.45) is 0 Å². The van der Waals surface area contributed by atoms with Gasteiger partial charge >= 0.3 is 0 Å². The maximum atomic E-state index is 15.0. The Labute approximate surface area is 220 Å². The third-order valence-electron chi connectivity index (χ3n) is 7.45. The first-order valence-corrected chi connectivity index (χ1v) is 13.1. The Balaban J connectivity index is 1.55. The molecule has 204 valence electrons. The molecule has 3 aromatic rings. The third-order valence-corrected chi connectivity index (χ3v) is 7.45. The van der Waals surface area contributed by atoms with Gasteiger partial charge in [-0.2, -0.15) is 15.0 Å². The number of hydrogen-bond acceptors (Lipinski definition) is 8. The van der Waals surface area contributed by atoms with Gasteiger partial charge in [-0.15, -0.1) is 0 Å². The van der Waals surface area contributed by atoms with Crippen LogP contribution >= 0.6 is 0 Å². The lowest BCUT2D eigenvalue weighted by atomic mass is 10.0. The molecule has 0 radical (unpaired) electrons. The van der Waals surface area contributed by atoms with Crippen molar-refractivity contribution in [3.63, 3.8) is 0 Å². The van der Waals surface area contributed by atoms with E-state index in [0.29, 0.717) is 34.7 Å². The molecule has 5 rings (SSSR count). The summed E-state index contributed by atoms with van der Waals surface area (Å²) in [6.45, 7) is 11.3. The van der Waals surface area contributed by atoms with Crippen molar-refractivity contribution in [3.05, 3.63) is 41.2 Å². The molecular formula is C27H34F3N7O. The molecule has 1 atom stereocenters. The van der Waals surface area contributed by atoms with E-state index in [1.807, 2.05) is 11.0 Å². The molecule has 0 spiro atoms. The molecule has 2 aliphatic heterocycles. The molecule has 2 fully saturated rings. The number of nitrogens with zero attached hydrogens (tertiary/aromatic N) is 6. The average molecular weight is 530 g/mol. The zero-order valence-electron chi connectivity index (χ0n) is 22.2. The summed E-state index contributed by atoms with van der Waals surface area (Å²) in [7, 11) is 1.60. The lowest BCUT2D eigenvalue weighted by molar-refractivity contribution is 0.146. The topological polar surface area (TPSA) is 69.7 Å². The number of methoxy groups -OCH3 is 1. The lowest BCUT2D eigenvalue weighted by Gasteiger charge is -2.38. The maximum absolute atomic E-state index is 15.0. The first-order chi connectivity index (χ1) is 18.3. The summed E-state index contributed by atoms with van der Waals surface area (Å²) in [5, 5.41) is 3.93. The van der Waals surface area contributed by atoms with Crippen LogP contribution in [-0.4, -0.2) is 72.3 Å². The van der Waals surface area contributed by atoms with Crippen molar-refractivity contribution in [2.45, 2.75) is 45.7 Å². The molecule has 1 N–H and O–H groups in total. The van der Waals surface area contributed by atoms with Crippen molar-refractivity contribution in [1.29, 1.82) is 0 Å². The highest BCUT2D eigenvalue weighted by atomic mass is 19.3. The van der Waals surface area contributed by atoms with Gasteiger partial charge in [-0.05, 0) is 33.3 Å². The van der Waals surface area contributed by atoms with Crippen LogP contribution in [0.2, 0.25) is 0 Å². The first kappa shape index (κ1) is 26.3. The molecule has 2 aliphatic rings. The highest BCUT2D eigenvalue weighted by molar-refractivity contribution is 5.91. The smallest absolute Gasteiger partial charge is 0.266 e. The number of alkyl halides is 2. The monoisotopic (exact) mass is 529 g/mol. The molecule has 0 amide bonds. The molecule has 8 nitrogen and oxygen atoms in total. The van der Waals surface area contributed by atoms with E-state index in [0.717, 1.165) is 57.4 Å². The van der Waals surface area contributed by atoms with Crippen LogP contribution in [0.1, 0.15) is 50.8 Å². The standard InChI is InChI=1S/C27H34F3N7O/c1-16(2)35-11-13-36(14-12-35)21-15-20-24(31-17(3)18-7-5-8-19(22(18)28)23(29)30)33-27(37-9-6-10-37)34-25(20)32-26(21)38-4/h5,7-8,15-17,23H,6,9-14H2,1-4H3,(H,31,32,33,34)/t17-/m1/s1. The fourth-order valence-corrected chi connectivity index (χ4v) is 4.99. The van der Waals surface area contributed by atoms with E-state index in [1.165, 1.54) is 12.1 Å². The number of ether oxygens (including phenoxy) is 1. The first-order valence-electron chi connectivity index (χ1n) is 13.1. The van der Waals surface area contributed by atoms with Gasteiger partial charge in [0.2, 0.25) is 11.8 Å². The normalized spacial score (nSPS) is 17.3. The number of piperazine rings is 1. The van der Waals surface area contributed by atoms with Crippen molar-refractivity contribution in [3.8, 4) is 5.88 Å². The molecule has 38 heavy (non-hydrogen) atoms. The summed E-state index contributed by atoms with van der Waals surface area (Å²) in [4.78, 5) is 20.9. The molecule has 1 aromatic carbocycles. The minimum Gasteiger partial charge on any atom is -0.479 e. The Hall–Kier alpha value is -3.34. The van der Waals surface area contributed by atoms with Crippen molar-refractivity contribution < 1.29 is 17.9 Å². The Kier molecular flexibility index (Phi) is 7.47. The Bertz CT molecular complexity index is 1290. The van der Waals surface area contributed by atoms with Gasteiger partial charge in [0.1, 0.15) is 17.3 Å². The van der Waals surface area contributed by atoms with Crippen LogP contribution in [0.4, 0.5) is 30.6 Å². The van der Waals surface area contributed by atoms with Crippen molar-refractivity contribution in [1.82, 2.24) is 19.9 Å². The second-order valence-corrected chi connectivity index (χ2v) is 10.1. The van der Waals surface area contributed by atoms with Gasteiger partial charge in [-0.3, -0.25) is 4.90 Å². The van der Waals surface area contributed by atoms with Crippen molar-refractivity contribution >= 4 is 28.5 Å². The number of hydrogen-bond donors (Lipinski definition) is 1. The molecule has 2 saturated heterocycles. The van der Waals surface area contributed by atoms with Gasteiger partial charge in [0.25, 0.3) is 6.43 Å². The molecule has 2 aromatic heterocycles. The number of pyridine rings is 1. The number of aromatic nitrogens is 3. The lowest BCUT2D eigenvalue weighted by Crippen LogP contribution is -2.49. The van der Waals surface area contributed by atoms with E-state index in [1.54, 1.807) is 14.0 Å². The second-order valence-electron chi connectivity index (χ2n) is 10.1. The number of rotatable bonds is 8. The molecule has 4 heterocycles. The molecule has 0 aliphatic carbocycles. The number of anilines is 3.